The van der Waals surface area contributed by atoms with E-state index in [2.05, 4.69) is 16.4 Å². The number of nitrogens with one attached hydrogen (secondary N) is 1. The van der Waals surface area contributed by atoms with Crippen molar-refractivity contribution in [3.63, 3.8) is 0 Å². The third-order valence-corrected chi connectivity index (χ3v) is 5.36. The number of hydrogen-bond donors (Lipinski definition) is 2. The molecule has 2 amide bonds. The number of aryl methyl sites for hydroxylation is 1. The summed E-state index contributed by atoms with van der Waals surface area (Å²) in [7, 11) is 0. The monoisotopic (exact) mass is 419 g/mol. The van der Waals surface area contributed by atoms with Gasteiger partial charge in [-0.2, -0.15) is 10.2 Å². The van der Waals surface area contributed by atoms with E-state index in [4.69, 9.17) is 14.6 Å². The number of oxazole rings is 1. The number of benzene rings is 1. The number of piperidine rings is 1. The molecular weight excluding hydrogens is 398 g/mol. The third kappa shape index (κ3) is 4.14. The van der Waals surface area contributed by atoms with Crippen LogP contribution in [0.1, 0.15) is 34.5 Å². The number of furan rings is 1. The number of nitrogens with two attached hydrogens (primary N) is 1. The first-order valence-corrected chi connectivity index (χ1v) is 9.87. The summed E-state index contributed by atoms with van der Waals surface area (Å²) in [6.45, 7) is 2.88. The van der Waals surface area contributed by atoms with Crippen LogP contribution in [0.3, 0.4) is 0 Å². The second-order valence-corrected chi connectivity index (χ2v) is 7.41. The number of primary amides is 1. The zero-order valence-electron chi connectivity index (χ0n) is 16.9. The number of rotatable bonds is 5. The molecule has 4 rings (SSSR count). The van der Waals surface area contributed by atoms with Gasteiger partial charge in [-0.3, -0.25) is 9.59 Å². The number of nitriles is 1. The summed E-state index contributed by atoms with van der Waals surface area (Å²) >= 11 is 0. The molecule has 158 valence electrons. The molecular formula is C22H21N5O4. The molecule has 0 unspecified atom stereocenters. The number of hydrogen-bond acceptors (Lipinski definition) is 7. The van der Waals surface area contributed by atoms with Crippen molar-refractivity contribution in [1.82, 2.24) is 4.98 Å². The van der Waals surface area contributed by atoms with Crippen LogP contribution in [0.4, 0.5) is 11.6 Å². The highest BCUT2D eigenvalue weighted by Gasteiger charge is 2.29. The van der Waals surface area contributed by atoms with E-state index in [-0.39, 0.29) is 23.4 Å². The predicted octanol–water partition coefficient (Wildman–Crippen LogP) is 3.07. The van der Waals surface area contributed by atoms with E-state index in [0.717, 1.165) is 0 Å². The van der Waals surface area contributed by atoms with E-state index in [1.54, 1.807) is 37.3 Å². The van der Waals surface area contributed by atoms with Crippen LogP contribution in [0.25, 0.3) is 11.7 Å². The van der Waals surface area contributed by atoms with Gasteiger partial charge in [0.05, 0.1) is 6.26 Å². The molecule has 9 nitrogen and oxygen atoms in total. The molecule has 3 N–H and O–H groups in total. The van der Waals surface area contributed by atoms with Gasteiger partial charge in [-0.25, -0.2) is 0 Å². The molecule has 2 aromatic heterocycles. The van der Waals surface area contributed by atoms with Crippen molar-refractivity contribution in [2.24, 2.45) is 11.7 Å². The molecule has 0 radical (unpaired) electrons. The fourth-order valence-electron chi connectivity index (χ4n) is 3.71. The van der Waals surface area contributed by atoms with Crippen LogP contribution in [0.2, 0.25) is 0 Å². The highest BCUT2D eigenvalue weighted by molar-refractivity contribution is 5.96. The lowest BCUT2D eigenvalue weighted by Gasteiger charge is -2.31. The largest absolute Gasteiger partial charge is 0.459 e. The van der Waals surface area contributed by atoms with Gasteiger partial charge in [0.2, 0.25) is 23.4 Å². The molecule has 0 bridgehead atoms. The van der Waals surface area contributed by atoms with Gasteiger partial charge in [-0.1, -0.05) is 0 Å². The average Bonchev–Trinajstić information content (AvgIpc) is 3.43. The average molecular weight is 419 g/mol. The predicted molar refractivity (Wildman–Crippen MR) is 112 cm³/mol. The van der Waals surface area contributed by atoms with Crippen LogP contribution in [0.15, 0.2) is 45.4 Å². The quantitative estimate of drug-likeness (QED) is 0.648. The van der Waals surface area contributed by atoms with Gasteiger partial charge in [-0.05, 0) is 55.7 Å². The molecule has 0 saturated carbocycles. The Hall–Kier alpha value is -4.06. The number of nitrogens with zero attached hydrogens (tertiary/aromatic N) is 3. The second-order valence-electron chi connectivity index (χ2n) is 7.41. The lowest BCUT2D eigenvalue weighted by molar-refractivity contribution is -0.120. The topological polar surface area (TPSA) is 138 Å². The molecule has 9 heteroatoms. The maximum atomic E-state index is 12.7. The Morgan fingerprint density at radius 3 is 2.68 bits per heavy atom. The molecule has 3 aromatic rings. The van der Waals surface area contributed by atoms with E-state index in [0.29, 0.717) is 54.4 Å². The van der Waals surface area contributed by atoms with Crippen molar-refractivity contribution in [2.75, 3.05) is 23.3 Å². The molecule has 1 saturated heterocycles. The van der Waals surface area contributed by atoms with E-state index in [1.165, 1.54) is 6.26 Å². The molecule has 31 heavy (non-hydrogen) atoms. The first kappa shape index (κ1) is 20.2. The summed E-state index contributed by atoms with van der Waals surface area (Å²) < 4.78 is 11.1. The van der Waals surface area contributed by atoms with Crippen LogP contribution in [-0.4, -0.2) is 29.9 Å². The van der Waals surface area contributed by atoms with E-state index < -0.39 is 5.91 Å². The van der Waals surface area contributed by atoms with Crippen LogP contribution in [-0.2, 0) is 4.79 Å². The Labute approximate surface area is 178 Å². The maximum Gasteiger partial charge on any atom is 0.266 e. The fraction of sp³-hybridized carbons (Fsp3) is 0.273. The Morgan fingerprint density at radius 2 is 2.06 bits per heavy atom. The molecule has 1 aromatic carbocycles. The van der Waals surface area contributed by atoms with E-state index in [1.807, 2.05) is 4.90 Å². The minimum absolute atomic E-state index is 0.0831. The van der Waals surface area contributed by atoms with Crippen molar-refractivity contribution in [1.29, 1.82) is 5.26 Å². The van der Waals surface area contributed by atoms with Gasteiger partial charge in [0.1, 0.15) is 6.07 Å². The summed E-state index contributed by atoms with van der Waals surface area (Å²) in [6, 6.07) is 10.5. The number of carbonyl (C=O) groups is 2. The minimum Gasteiger partial charge on any atom is -0.459 e. The van der Waals surface area contributed by atoms with Crippen LogP contribution >= 0.6 is 0 Å². The summed E-state index contributed by atoms with van der Waals surface area (Å²) in [5.74, 6) is 0.346. The van der Waals surface area contributed by atoms with Crippen molar-refractivity contribution < 1.29 is 18.4 Å². The number of amides is 2. The van der Waals surface area contributed by atoms with Crippen molar-refractivity contribution in [3.05, 3.63) is 53.4 Å². The number of aromatic nitrogens is 1. The Kier molecular flexibility index (Phi) is 5.45. The highest BCUT2D eigenvalue weighted by atomic mass is 16.4. The summed E-state index contributed by atoms with van der Waals surface area (Å²) in [6.07, 6.45) is 2.72. The second kappa shape index (κ2) is 8.36. The molecule has 0 spiro atoms. The normalized spacial score (nSPS) is 14.3. The molecule has 1 fully saturated rings. The fourth-order valence-corrected chi connectivity index (χ4v) is 3.71. The highest BCUT2D eigenvalue weighted by Crippen LogP contribution is 2.31. The van der Waals surface area contributed by atoms with Gasteiger partial charge in [0.25, 0.3) is 5.89 Å². The standard InChI is InChI=1S/C22H21N5O4/c1-13-11-15(4-5-16(13)19(24)28)25-20(29)14-6-8-27(9-7-14)22-17(12-23)26-21(31-22)18-3-2-10-30-18/h2-5,10-11,14H,6-9H2,1H3,(H2,24,28)(H,25,29). The summed E-state index contributed by atoms with van der Waals surface area (Å²) in [5.41, 5.74) is 7.29. The third-order valence-electron chi connectivity index (χ3n) is 5.36. The van der Waals surface area contributed by atoms with Gasteiger partial charge >= 0.3 is 0 Å². The van der Waals surface area contributed by atoms with Crippen molar-refractivity contribution >= 4 is 23.4 Å². The molecule has 1 aliphatic heterocycles. The van der Waals surface area contributed by atoms with Crippen LogP contribution in [0.5, 0.6) is 0 Å². The lowest BCUT2D eigenvalue weighted by atomic mass is 9.95. The Morgan fingerprint density at radius 1 is 1.29 bits per heavy atom. The van der Waals surface area contributed by atoms with Crippen molar-refractivity contribution in [3.8, 4) is 17.7 Å². The lowest BCUT2D eigenvalue weighted by Crippen LogP contribution is -2.38. The Bertz CT molecular complexity index is 1150. The van der Waals surface area contributed by atoms with Crippen molar-refractivity contribution in [2.45, 2.75) is 19.8 Å². The van der Waals surface area contributed by atoms with Gasteiger partial charge in [0.15, 0.2) is 5.76 Å². The maximum absolute atomic E-state index is 12.7. The van der Waals surface area contributed by atoms with E-state index in [9.17, 15) is 14.9 Å². The number of anilines is 2. The van der Waals surface area contributed by atoms with Gasteiger partial charge < -0.3 is 24.8 Å². The van der Waals surface area contributed by atoms with Crippen LogP contribution < -0.4 is 16.0 Å². The summed E-state index contributed by atoms with van der Waals surface area (Å²) in [5, 5.41) is 12.3. The first-order valence-electron chi connectivity index (χ1n) is 9.87. The zero-order valence-corrected chi connectivity index (χ0v) is 16.9. The molecule has 0 aliphatic carbocycles. The number of carbonyl (C=O) groups excluding carboxylic acids is 2. The molecule has 1 aliphatic rings. The molecule has 0 atom stereocenters. The SMILES string of the molecule is Cc1cc(NC(=O)C2CCN(c3oc(-c4ccco4)nc3C#N)CC2)ccc1C(N)=O. The van der Waals surface area contributed by atoms with E-state index >= 15 is 0 Å². The molecule has 3 heterocycles. The first-order chi connectivity index (χ1) is 15.0. The van der Waals surface area contributed by atoms with Gasteiger partial charge in [0, 0.05) is 30.3 Å². The Balaban J connectivity index is 1.40. The summed E-state index contributed by atoms with van der Waals surface area (Å²) in [4.78, 5) is 30.2. The smallest absolute Gasteiger partial charge is 0.266 e. The zero-order chi connectivity index (χ0) is 22.0. The van der Waals surface area contributed by atoms with Gasteiger partial charge in [-0.15, -0.1) is 0 Å². The minimum atomic E-state index is -0.498. The van der Waals surface area contributed by atoms with Crippen LogP contribution in [0, 0.1) is 24.2 Å².